The highest BCUT2D eigenvalue weighted by molar-refractivity contribution is 7.92. The van der Waals surface area contributed by atoms with Crippen molar-refractivity contribution < 1.29 is 13.2 Å². The van der Waals surface area contributed by atoms with Gasteiger partial charge in [-0.05, 0) is 67.1 Å². The average molecular weight is 491 g/mol. The molecule has 0 spiro atoms. The van der Waals surface area contributed by atoms with E-state index in [1.165, 1.54) is 4.31 Å². The molecule has 184 valence electrons. The fraction of sp³-hybridized carbons (Fsp3) is 0.345. The molecule has 0 bridgehead atoms. The summed E-state index contributed by atoms with van der Waals surface area (Å²) in [5.41, 5.74) is 4.04. The number of amides is 1. The number of benzene rings is 3. The Morgan fingerprint density at radius 3 is 2.14 bits per heavy atom. The van der Waals surface area contributed by atoms with Gasteiger partial charge in [-0.25, -0.2) is 8.42 Å². The molecular formula is C29H34N2O3S. The summed E-state index contributed by atoms with van der Waals surface area (Å²) in [4.78, 5) is 15.9. The molecule has 2 atom stereocenters. The Bertz CT molecular complexity index is 1300. The highest BCUT2D eigenvalue weighted by atomic mass is 32.2. The SMILES string of the molecule is CCS(=O)(=O)N1c2ccccc2C(N(C(=O)c2ccc(C(C)(C)C)cc2)c2ccccc2)CC1C. The van der Waals surface area contributed by atoms with E-state index in [2.05, 4.69) is 20.8 Å². The van der Waals surface area contributed by atoms with Crippen molar-refractivity contribution in [3.8, 4) is 0 Å². The second-order valence-corrected chi connectivity index (χ2v) is 12.3. The fourth-order valence-corrected chi connectivity index (χ4v) is 6.22. The molecule has 4 rings (SSSR count). The Kier molecular flexibility index (Phi) is 6.78. The molecule has 0 saturated carbocycles. The number of carbonyl (C=O) groups is 1. The van der Waals surface area contributed by atoms with Crippen LogP contribution < -0.4 is 9.21 Å². The van der Waals surface area contributed by atoms with Crippen LogP contribution in [-0.4, -0.2) is 26.1 Å². The van der Waals surface area contributed by atoms with Crippen LogP contribution in [0.1, 0.15) is 68.6 Å². The summed E-state index contributed by atoms with van der Waals surface area (Å²) in [5.74, 6) is -0.0758. The van der Waals surface area contributed by atoms with Crippen molar-refractivity contribution in [2.45, 2.75) is 58.5 Å². The zero-order valence-electron chi connectivity index (χ0n) is 21.1. The second kappa shape index (κ2) is 9.50. The van der Waals surface area contributed by atoms with Gasteiger partial charge in [-0.2, -0.15) is 0 Å². The first kappa shape index (κ1) is 25.0. The molecule has 35 heavy (non-hydrogen) atoms. The number of hydrogen-bond acceptors (Lipinski definition) is 3. The van der Waals surface area contributed by atoms with Crippen LogP contribution in [-0.2, 0) is 15.4 Å². The second-order valence-electron chi connectivity index (χ2n) is 10.2. The molecule has 0 saturated heterocycles. The standard InChI is InChI=1S/C29H34N2O3S/c1-6-35(33,34)31-21(2)20-27(25-14-10-11-15-26(25)31)30(24-12-8-7-9-13-24)28(32)22-16-18-23(19-17-22)29(3,4)5/h7-19,21,27H,6,20H2,1-5H3. The topological polar surface area (TPSA) is 57.7 Å². The van der Waals surface area contributed by atoms with Gasteiger partial charge in [0.05, 0.1) is 17.5 Å². The normalized spacial score (nSPS) is 18.1. The van der Waals surface area contributed by atoms with Gasteiger partial charge < -0.3 is 4.90 Å². The molecule has 1 aliphatic rings. The maximum absolute atomic E-state index is 14.1. The molecule has 5 nitrogen and oxygen atoms in total. The monoisotopic (exact) mass is 490 g/mol. The average Bonchev–Trinajstić information content (AvgIpc) is 2.84. The van der Waals surface area contributed by atoms with Crippen molar-refractivity contribution >= 4 is 27.3 Å². The molecular weight excluding hydrogens is 456 g/mol. The summed E-state index contributed by atoms with van der Waals surface area (Å²) in [5, 5.41) is 0. The van der Waals surface area contributed by atoms with E-state index in [1.54, 1.807) is 6.92 Å². The highest BCUT2D eigenvalue weighted by Crippen LogP contribution is 2.43. The van der Waals surface area contributed by atoms with Gasteiger partial charge in [0.2, 0.25) is 10.0 Å². The molecule has 2 unspecified atom stereocenters. The van der Waals surface area contributed by atoms with Crippen molar-refractivity contribution in [3.05, 3.63) is 95.6 Å². The zero-order chi connectivity index (χ0) is 25.4. The smallest absolute Gasteiger partial charge is 0.258 e. The minimum absolute atomic E-state index is 0.00728. The molecule has 0 aliphatic carbocycles. The van der Waals surface area contributed by atoms with Crippen molar-refractivity contribution in [1.82, 2.24) is 0 Å². The first-order chi connectivity index (χ1) is 16.5. The molecule has 0 N–H and O–H groups in total. The predicted molar refractivity (Wildman–Crippen MR) is 144 cm³/mol. The van der Waals surface area contributed by atoms with E-state index in [4.69, 9.17) is 0 Å². The lowest BCUT2D eigenvalue weighted by molar-refractivity contribution is 0.0973. The quantitative estimate of drug-likeness (QED) is 0.420. The maximum Gasteiger partial charge on any atom is 0.258 e. The van der Waals surface area contributed by atoms with Gasteiger partial charge in [0.15, 0.2) is 0 Å². The van der Waals surface area contributed by atoms with E-state index in [1.807, 2.05) is 90.7 Å². The molecule has 6 heteroatoms. The van der Waals surface area contributed by atoms with Gasteiger partial charge in [-0.3, -0.25) is 9.10 Å². The molecule has 1 aliphatic heterocycles. The minimum Gasteiger partial charge on any atom is -0.301 e. The Labute approximate surface area is 209 Å². The van der Waals surface area contributed by atoms with E-state index in [0.717, 1.165) is 16.8 Å². The van der Waals surface area contributed by atoms with E-state index >= 15 is 0 Å². The number of sulfonamides is 1. The van der Waals surface area contributed by atoms with Crippen LogP contribution in [0.4, 0.5) is 11.4 Å². The molecule has 3 aromatic rings. The summed E-state index contributed by atoms with van der Waals surface area (Å²) < 4.78 is 27.5. The third-order valence-electron chi connectivity index (χ3n) is 6.73. The molecule has 1 amide bonds. The molecule has 0 aromatic heterocycles. The number of fused-ring (bicyclic) bond motifs is 1. The number of anilines is 2. The third-order valence-corrected chi connectivity index (χ3v) is 8.61. The van der Waals surface area contributed by atoms with Gasteiger partial charge in [-0.15, -0.1) is 0 Å². The Morgan fingerprint density at radius 2 is 1.54 bits per heavy atom. The number of rotatable bonds is 5. The zero-order valence-corrected chi connectivity index (χ0v) is 21.9. The molecule has 3 aromatic carbocycles. The Hall–Kier alpha value is -3.12. The summed E-state index contributed by atoms with van der Waals surface area (Å²) in [6.45, 7) is 10.0. The van der Waals surface area contributed by atoms with Gasteiger partial charge in [-0.1, -0.05) is 69.3 Å². The van der Waals surface area contributed by atoms with Gasteiger partial charge in [0.1, 0.15) is 0 Å². The van der Waals surface area contributed by atoms with Gasteiger partial charge >= 0.3 is 0 Å². The first-order valence-electron chi connectivity index (χ1n) is 12.1. The summed E-state index contributed by atoms with van der Waals surface area (Å²) in [6, 6.07) is 24.4. The number of carbonyl (C=O) groups excluding carboxylic acids is 1. The summed E-state index contributed by atoms with van der Waals surface area (Å²) >= 11 is 0. The summed E-state index contributed by atoms with van der Waals surface area (Å²) in [6.07, 6.45) is 0.497. The third kappa shape index (κ3) is 4.85. The van der Waals surface area contributed by atoms with Crippen LogP contribution in [0.2, 0.25) is 0 Å². The van der Waals surface area contributed by atoms with Crippen LogP contribution >= 0.6 is 0 Å². The maximum atomic E-state index is 14.1. The van der Waals surface area contributed by atoms with Crippen LogP contribution in [0.3, 0.4) is 0 Å². The van der Waals surface area contributed by atoms with E-state index in [0.29, 0.717) is 17.7 Å². The lowest BCUT2D eigenvalue weighted by Gasteiger charge is -2.43. The lowest BCUT2D eigenvalue weighted by Crippen LogP contribution is -2.48. The van der Waals surface area contributed by atoms with E-state index in [9.17, 15) is 13.2 Å². The fourth-order valence-electron chi connectivity index (χ4n) is 4.84. The van der Waals surface area contributed by atoms with E-state index in [-0.39, 0.29) is 29.2 Å². The number of hydrogen-bond donors (Lipinski definition) is 0. The van der Waals surface area contributed by atoms with E-state index < -0.39 is 10.0 Å². The van der Waals surface area contributed by atoms with Crippen LogP contribution in [0.25, 0.3) is 0 Å². The molecule has 1 heterocycles. The highest BCUT2D eigenvalue weighted by Gasteiger charge is 2.40. The lowest BCUT2D eigenvalue weighted by atomic mass is 9.86. The first-order valence-corrected chi connectivity index (χ1v) is 13.8. The Balaban J connectivity index is 1.83. The molecule has 0 radical (unpaired) electrons. The van der Waals surface area contributed by atoms with Crippen molar-refractivity contribution in [1.29, 1.82) is 0 Å². The van der Waals surface area contributed by atoms with Crippen LogP contribution in [0.15, 0.2) is 78.9 Å². The summed E-state index contributed by atoms with van der Waals surface area (Å²) in [7, 11) is -3.46. The van der Waals surface area contributed by atoms with Gasteiger partial charge in [0, 0.05) is 17.3 Å². The number of para-hydroxylation sites is 2. The number of nitrogens with zero attached hydrogens (tertiary/aromatic N) is 2. The van der Waals surface area contributed by atoms with Crippen molar-refractivity contribution in [2.75, 3.05) is 15.0 Å². The van der Waals surface area contributed by atoms with Crippen LogP contribution in [0.5, 0.6) is 0 Å². The minimum atomic E-state index is -3.46. The Morgan fingerprint density at radius 1 is 0.943 bits per heavy atom. The largest absolute Gasteiger partial charge is 0.301 e. The predicted octanol–water partition coefficient (Wildman–Crippen LogP) is 6.32. The van der Waals surface area contributed by atoms with Crippen LogP contribution in [0, 0.1) is 0 Å². The molecule has 0 fully saturated rings. The van der Waals surface area contributed by atoms with Gasteiger partial charge in [0.25, 0.3) is 5.91 Å². The van der Waals surface area contributed by atoms with Crippen molar-refractivity contribution in [2.24, 2.45) is 0 Å². The van der Waals surface area contributed by atoms with Crippen molar-refractivity contribution in [3.63, 3.8) is 0 Å².